The Morgan fingerprint density at radius 1 is 1.17 bits per heavy atom. The molecule has 4 nitrogen and oxygen atoms in total. The molecule has 6 heteroatoms. The standard InChI is InChI=1S/C18H19Cl2N3O/c19-12-7-8-16(15(20)9-12)23-17(11-5-6-11)14(10-21-23)18(24)22-13-3-1-2-4-13/h7-11,13H,1-6H2,(H,22,24). The number of carbonyl (C=O) groups is 1. The average Bonchev–Trinajstić information content (AvgIpc) is 3.07. The first-order valence-electron chi connectivity index (χ1n) is 8.47. The Balaban J connectivity index is 1.69. The summed E-state index contributed by atoms with van der Waals surface area (Å²) in [5.41, 5.74) is 2.41. The van der Waals surface area contributed by atoms with Crippen molar-refractivity contribution < 1.29 is 4.79 Å². The lowest BCUT2D eigenvalue weighted by Gasteiger charge is -2.13. The Bertz CT molecular complexity index is 777. The van der Waals surface area contributed by atoms with E-state index in [4.69, 9.17) is 23.2 Å². The fourth-order valence-corrected chi connectivity index (χ4v) is 3.95. The van der Waals surface area contributed by atoms with Gasteiger partial charge in [-0.15, -0.1) is 0 Å². The molecular weight excluding hydrogens is 345 g/mol. The number of rotatable bonds is 4. The molecule has 0 atom stereocenters. The molecule has 0 saturated heterocycles. The van der Waals surface area contributed by atoms with Gasteiger partial charge in [-0.05, 0) is 43.9 Å². The second-order valence-electron chi connectivity index (χ2n) is 6.68. The van der Waals surface area contributed by atoms with Crippen molar-refractivity contribution in [3.63, 3.8) is 0 Å². The van der Waals surface area contributed by atoms with Crippen LogP contribution < -0.4 is 5.32 Å². The third-order valence-corrected chi connectivity index (χ3v) is 5.38. The number of nitrogens with one attached hydrogen (secondary N) is 1. The number of hydrogen-bond donors (Lipinski definition) is 1. The van der Waals surface area contributed by atoms with Gasteiger partial charge in [0, 0.05) is 17.0 Å². The van der Waals surface area contributed by atoms with Crippen LogP contribution in [0.5, 0.6) is 0 Å². The van der Waals surface area contributed by atoms with Crippen LogP contribution in [-0.2, 0) is 0 Å². The molecule has 2 aliphatic carbocycles. The maximum Gasteiger partial charge on any atom is 0.255 e. The van der Waals surface area contributed by atoms with E-state index >= 15 is 0 Å². The number of halogens is 2. The lowest BCUT2D eigenvalue weighted by molar-refractivity contribution is 0.0937. The van der Waals surface area contributed by atoms with Crippen LogP contribution in [0.2, 0.25) is 10.0 Å². The molecule has 24 heavy (non-hydrogen) atoms. The van der Waals surface area contributed by atoms with Crippen molar-refractivity contribution in [3.05, 3.63) is 45.7 Å². The van der Waals surface area contributed by atoms with Gasteiger partial charge in [0.2, 0.25) is 0 Å². The van der Waals surface area contributed by atoms with Crippen LogP contribution in [-0.4, -0.2) is 21.7 Å². The van der Waals surface area contributed by atoms with Gasteiger partial charge >= 0.3 is 0 Å². The van der Waals surface area contributed by atoms with Gasteiger partial charge in [-0.1, -0.05) is 36.0 Å². The zero-order chi connectivity index (χ0) is 16.7. The summed E-state index contributed by atoms with van der Waals surface area (Å²) < 4.78 is 1.81. The Kier molecular flexibility index (Phi) is 4.27. The fourth-order valence-electron chi connectivity index (χ4n) is 3.46. The predicted molar refractivity (Wildman–Crippen MR) is 95.3 cm³/mol. The van der Waals surface area contributed by atoms with Crippen LogP contribution in [0.3, 0.4) is 0 Å². The fraction of sp³-hybridized carbons (Fsp3) is 0.444. The van der Waals surface area contributed by atoms with E-state index in [1.54, 1.807) is 23.0 Å². The molecule has 2 aromatic rings. The normalized spacial score (nSPS) is 18.1. The van der Waals surface area contributed by atoms with E-state index in [0.29, 0.717) is 27.6 Å². The molecule has 1 N–H and O–H groups in total. The summed E-state index contributed by atoms with van der Waals surface area (Å²) in [6.45, 7) is 0. The van der Waals surface area contributed by atoms with Crippen molar-refractivity contribution in [2.75, 3.05) is 0 Å². The van der Waals surface area contributed by atoms with E-state index in [1.807, 2.05) is 6.07 Å². The van der Waals surface area contributed by atoms with E-state index in [0.717, 1.165) is 37.1 Å². The monoisotopic (exact) mass is 363 g/mol. The highest BCUT2D eigenvalue weighted by Gasteiger charge is 2.34. The maximum absolute atomic E-state index is 12.7. The van der Waals surface area contributed by atoms with Gasteiger partial charge in [-0.2, -0.15) is 5.10 Å². The summed E-state index contributed by atoms with van der Waals surface area (Å²) in [7, 11) is 0. The Morgan fingerprint density at radius 2 is 1.92 bits per heavy atom. The predicted octanol–water partition coefficient (Wildman–Crippen LogP) is 4.73. The topological polar surface area (TPSA) is 46.9 Å². The summed E-state index contributed by atoms with van der Waals surface area (Å²) in [5.74, 6) is 0.365. The van der Waals surface area contributed by atoms with Crippen LogP contribution in [0.4, 0.5) is 0 Å². The minimum atomic E-state index is -0.0138. The first-order valence-corrected chi connectivity index (χ1v) is 9.23. The van der Waals surface area contributed by atoms with Crippen LogP contribution in [0.1, 0.15) is 60.5 Å². The van der Waals surface area contributed by atoms with Crippen molar-refractivity contribution in [2.45, 2.75) is 50.5 Å². The largest absolute Gasteiger partial charge is 0.349 e. The van der Waals surface area contributed by atoms with Crippen molar-refractivity contribution >= 4 is 29.1 Å². The molecule has 1 amide bonds. The molecule has 126 valence electrons. The van der Waals surface area contributed by atoms with Crippen molar-refractivity contribution in [1.29, 1.82) is 0 Å². The molecule has 2 fully saturated rings. The van der Waals surface area contributed by atoms with Gasteiger partial charge in [-0.25, -0.2) is 4.68 Å². The van der Waals surface area contributed by atoms with Crippen LogP contribution in [0.15, 0.2) is 24.4 Å². The van der Waals surface area contributed by atoms with E-state index in [1.165, 1.54) is 12.8 Å². The molecule has 0 radical (unpaired) electrons. The third kappa shape index (κ3) is 3.05. The molecule has 1 aromatic carbocycles. The molecule has 2 saturated carbocycles. The SMILES string of the molecule is O=C(NC1CCCC1)c1cnn(-c2ccc(Cl)cc2Cl)c1C1CC1. The molecule has 0 spiro atoms. The van der Waals surface area contributed by atoms with Gasteiger partial charge < -0.3 is 5.32 Å². The molecule has 2 aliphatic rings. The zero-order valence-corrected chi connectivity index (χ0v) is 14.8. The maximum atomic E-state index is 12.7. The number of benzene rings is 1. The van der Waals surface area contributed by atoms with Gasteiger partial charge in [0.15, 0.2) is 0 Å². The number of nitrogens with zero attached hydrogens (tertiary/aromatic N) is 2. The number of aromatic nitrogens is 2. The lowest BCUT2D eigenvalue weighted by atomic mass is 10.1. The molecule has 0 unspecified atom stereocenters. The summed E-state index contributed by atoms with van der Waals surface area (Å²) in [5, 5.41) is 8.75. The molecule has 4 rings (SSSR count). The highest BCUT2D eigenvalue weighted by molar-refractivity contribution is 6.35. The first-order chi connectivity index (χ1) is 11.6. The van der Waals surface area contributed by atoms with E-state index in [2.05, 4.69) is 10.4 Å². The molecule has 1 heterocycles. The summed E-state index contributed by atoms with van der Waals surface area (Å²) in [6.07, 6.45) is 8.37. The second-order valence-corrected chi connectivity index (χ2v) is 7.52. The van der Waals surface area contributed by atoms with Gasteiger partial charge in [0.1, 0.15) is 0 Å². The molecule has 0 bridgehead atoms. The highest BCUT2D eigenvalue weighted by atomic mass is 35.5. The van der Waals surface area contributed by atoms with Gasteiger partial charge in [0.25, 0.3) is 5.91 Å². The molecular formula is C18H19Cl2N3O. The van der Waals surface area contributed by atoms with E-state index in [9.17, 15) is 4.79 Å². The summed E-state index contributed by atoms with van der Waals surface area (Å²) in [6, 6.07) is 5.64. The Hall–Kier alpha value is -1.52. The second kappa shape index (κ2) is 6.41. The number of carbonyl (C=O) groups excluding carboxylic acids is 1. The minimum Gasteiger partial charge on any atom is -0.349 e. The molecule has 0 aliphatic heterocycles. The highest BCUT2D eigenvalue weighted by Crippen LogP contribution is 2.43. The minimum absolute atomic E-state index is 0.0138. The number of hydrogen-bond acceptors (Lipinski definition) is 2. The Morgan fingerprint density at radius 3 is 2.58 bits per heavy atom. The van der Waals surface area contributed by atoms with Crippen molar-refractivity contribution in [1.82, 2.24) is 15.1 Å². The smallest absolute Gasteiger partial charge is 0.255 e. The van der Waals surface area contributed by atoms with Crippen LogP contribution in [0, 0.1) is 0 Å². The van der Waals surface area contributed by atoms with E-state index in [-0.39, 0.29) is 5.91 Å². The van der Waals surface area contributed by atoms with Gasteiger partial charge in [-0.3, -0.25) is 4.79 Å². The quantitative estimate of drug-likeness (QED) is 0.853. The van der Waals surface area contributed by atoms with Crippen LogP contribution in [0.25, 0.3) is 5.69 Å². The van der Waals surface area contributed by atoms with Crippen molar-refractivity contribution in [2.24, 2.45) is 0 Å². The number of amides is 1. The van der Waals surface area contributed by atoms with Crippen LogP contribution >= 0.6 is 23.2 Å². The average molecular weight is 364 g/mol. The molecule has 1 aromatic heterocycles. The lowest BCUT2D eigenvalue weighted by Crippen LogP contribution is -2.33. The summed E-state index contributed by atoms with van der Waals surface area (Å²) in [4.78, 5) is 12.7. The van der Waals surface area contributed by atoms with E-state index < -0.39 is 0 Å². The third-order valence-electron chi connectivity index (χ3n) is 4.84. The first kappa shape index (κ1) is 16.0. The Labute approximate surface area is 151 Å². The van der Waals surface area contributed by atoms with Crippen molar-refractivity contribution in [3.8, 4) is 5.69 Å². The van der Waals surface area contributed by atoms with Gasteiger partial charge in [0.05, 0.1) is 28.2 Å². The summed E-state index contributed by atoms with van der Waals surface area (Å²) >= 11 is 12.3. The zero-order valence-electron chi connectivity index (χ0n) is 13.3.